The Balaban J connectivity index is 0.885. The Labute approximate surface area is 381 Å². The van der Waals surface area contributed by atoms with Gasteiger partial charge in [-0.15, -0.1) is 0 Å². The monoisotopic (exact) mass is 837 g/mol. The highest BCUT2D eigenvalue weighted by molar-refractivity contribution is 5.86. The predicted molar refractivity (Wildman–Crippen MR) is 263 cm³/mol. The van der Waals surface area contributed by atoms with Crippen LogP contribution in [0.2, 0.25) is 0 Å². The molecule has 6 aliphatic rings. The van der Waals surface area contributed by atoms with Crippen LogP contribution >= 0.6 is 0 Å². The van der Waals surface area contributed by atoms with Gasteiger partial charge < -0.3 is 14.4 Å². The van der Waals surface area contributed by atoms with E-state index < -0.39 is 0 Å². The molecule has 0 saturated carbocycles. The largest absolute Gasteiger partial charge is 0.454 e. The van der Waals surface area contributed by atoms with Gasteiger partial charge in [-0.25, -0.2) is 0 Å². The summed E-state index contributed by atoms with van der Waals surface area (Å²) in [5, 5.41) is 0. The Morgan fingerprint density at radius 1 is 0.538 bits per heavy atom. The molecule has 0 aromatic heterocycles. The van der Waals surface area contributed by atoms with E-state index in [-0.39, 0.29) is 22.8 Å². The van der Waals surface area contributed by atoms with Gasteiger partial charge in [-0.1, -0.05) is 183 Å². The predicted octanol–water partition coefficient (Wildman–Crippen LogP) is 15.0. The first-order valence-electron chi connectivity index (χ1n) is 23.1. The number of benzene rings is 7. The van der Waals surface area contributed by atoms with Gasteiger partial charge in [0.25, 0.3) is 0 Å². The molecular formula is C62H47NO2. The van der Waals surface area contributed by atoms with E-state index in [1.54, 1.807) is 0 Å². The van der Waals surface area contributed by atoms with Gasteiger partial charge in [-0.3, -0.25) is 0 Å². The van der Waals surface area contributed by atoms with Crippen molar-refractivity contribution in [3.63, 3.8) is 0 Å². The van der Waals surface area contributed by atoms with Crippen molar-refractivity contribution < 1.29 is 9.47 Å². The van der Waals surface area contributed by atoms with Crippen LogP contribution in [0.25, 0.3) is 33.4 Å². The lowest BCUT2D eigenvalue weighted by atomic mass is 9.61. The van der Waals surface area contributed by atoms with Crippen LogP contribution in [-0.2, 0) is 20.3 Å². The molecule has 0 fully saturated rings. The molecule has 7 aromatic carbocycles. The van der Waals surface area contributed by atoms with Gasteiger partial charge in [0.1, 0.15) is 5.76 Å². The molecule has 0 bridgehead atoms. The molecule has 1 heterocycles. The Kier molecular flexibility index (Phi) is 8.58. The first-order valence-corrected chi connectivity index (χ1v) is 23.1. The molecule has 7 aromatic rings. The Morgan fingerprint density at radius 3 is 1.92 bits per heavy atom. The molecule has 3 nitrogen and oxygen atoms in total. The van der Waals surface area contributed by atoms with Crippen molar-refractivity contribution in [1.82, 2.24) is 0 Å². The summed E-state index contributed by atoms with van der Waals surface area (Å²) in [6.45, 7) is 2.40. The summed E-state index contributed by atoms with van der Waals surface area (Å²) in [4.78, 5) is 2.49. The Morgan fingerprint density at radius 2 is 1.17 bits per heavy atom. The Hall–Kier alpha value is -7.62. The van der Waals surface area contributed by atoms with Gasteiger partial charge in [-0.2, -0.15) is 0 Å². The molecule has 0 amide bonds. The number of allylic oxidation sites excluding steroid dienone is 7. The summed E-state index contributed by atoms with van der Waals surface area (Å²) in [5.74, 6) is 3.64. The van der Waals surface area contributed by atoms with Crippen LogP contribution in [-0.4, -0.2) is 6.04 Å². The third kappa shape index (κ3) is 5.81. The minimum Gasteiger partial charge on any atom is -0.454 e. The van der Waals surface area contributed by atoms with Crippen molar-refractivity contribution in [3.05, 3.63) is 275 Å². The maximum Gasteiger partial charge on any atom is 0.166 e. The normalized spacial score (nSPS) is 22.3. The summed E-state index contributed by atoms with van der Waals surface area (Å²) < 4.78 is 14.2. The second-order valence-corrected chi connectivity index (χ2v) is 18.5. The molecule has 4 unspecified atom stereocenters. The molecule has 65 heavy (non-hydrogen) atoms. The minimum atomic E-state index is -0.366. The number of fused-ring (bicyclic) bond motifs is 11. The summed E-state index contributed by atoms with van der Waals surface area (Å²) >= 11 is 0. The minimum absolute atomic E-state index is 0.0414. The van der Waals surface area contributed by atoms with E-state index >= 15 is 0 Å². The molecule has 5 aliphatic carbocycles. The Bertz CT molecular complexity index is 3230. The molecule has 3 heteroatoms. The second kappa shape index (κ2) is 14.7. The van der Waals surface area contributed by atoms with E-state index in [9.17, 15) is 0 Å². The van der Waals surface area contributed by atoms with Gasteiger partial charge in [0, 0.05) is 35.0 Å². The van der Waals surface area contributed by atoms with E-state index in [4.69, 9.17) is 9.47 Å². The quantitative estimate of drug-likeness (QED) is 0.167. The van der Waals surface area contributed by atoms with Crippen molar-refractivity contribution in [1.29, 1.82) is 0 Å². The second-order valence-electron chi connectivity index (χ2n) is 18.5. The molecule has 0 radical (unpaired) electrons. The van der Waals surface area contributed by atoms with Gasteiger partial charge in [0.15, 0.2) is 17.3 Å². The van der Waals surface area contributed by atoms with Crippen LogP contribution < -0.4 is 4.90 Å². The van der Waals surface area contributed by atoms with Crippen LogP contribution in [0.15, 0.2) is 248 Å². The molecule has 1 spiro atoms. The number of nitrogens with zero attached hydrogens (tertiary/aromatic N) is 1. The van der Waals surface area contributed by atoms with E-state index in [0.717, 1.165) is 40.8 Å². The van der Waals surface area contributed by atoms with Crippen molar-refractivity contribution in [3.8, 4) is 33.4 Å². The van der Waals surface area contributed by atoms with Crippen LogP contribution in [0.5, 0.6) is 0 Å². The molecule has 312 valence electrons. The van der Waals surface area contributed by atoms with Crippen molar-refractivity contribution >= 4 is 11.4 Å². The SMILES string of the molecule is CC12C=C3OC4=C(C=CC(N(c5cccc(-c6cccc(-c7ccccc7)c6)c5)c5cccc(C6C=CC=CC6)c5)C4)OC3=CC1C1(c3ccccc3-c3ccccc31)c1ccccc12. The average Bonchev–Trinajstić information content (AvgIpc) is 3.79. The smallest absolute Gasteiger partial charge is 0.166 e. The fraction of sp³-hybridized carbons (Fsp3) is 0.129. The molecule has 0 N–H and O–H groups in total. The number of ether oxygens (including phenoxy) is 2. The molecule has 1 aliphatic heterocycles. The molecule has 4 atom stereocenters. The standard InChI is InChI=1S/C62H47NO2/c1-61-40-59-58(39-60(61)62(55-32-13-12-31-54(55)61)52-29-10-8-27-50(52)51-28-9-11-30-53(51)62)64-56-34-33-49(38-57(56)65-59)63(47-25-15-23-45(36-47)42-19-6-3-7-20-42)48-26-16-24-46(37-48)44-22-14-21-43(35-44)41-17-4-2-5-18-41/h2-19,21-37,39-40,42,49,60H,20,38H2,1H3. The zero-order valence-corrected chi connectivity index (χ0v) is 36.3. The van der Waals surface area contributed by atoms with Crippen LogP contribution in [0.3, 0.4) is 0 Å². The molecule has 0 saturated heterocycles. The number of anilines is 2. The van der Waals surface area contributed by atoms with Crippen LogP contribution in [0.4, 0.5) is 11.4 Å². The third-order valence-corrected chi connectivity index (χ3v) is 14.9. The third-order valence-electron chi connectivity index (χ3n) is 14.9. The first-order chi connectivity index (χ1) is 32.1. The molecular weight excluding hydrogens is 791 g/mol. The van der Waals surface area contributed by atoms with Crippen molar-refractivity contribution in [2.75, 3.05) is 4.90 Å². The average molecular weight is 838 g/mol. The van der Waals surface area contributed by atoms with Crippen molar-refractivity contribution in [2.45, 2.75) is 42.6 Å². The van der Waals surface area contributed by atoms with Gasteiger partial charge >= 0.3 is 0 Å². The maximum atomic E-state index is 7.14. The lowest BCUT2D eigenvalue weighted by Crippen LogP contribution is -2.41. The summed E-state index contributed by atoms with van der Waals surface area (Å²) in [6.07, 6.45) is 19.8. The topological polar surface area (TPSA) is 21.7 Å². The summed E-state index contributed by atoms with van der Waals surface area (Å²) in [5.41, 5.74) is 15.7. The van der Waals surface area contributed by atoms with Crippen molar-refractivity contribution in [2.24, 2.45) is 5.92 Å². The fourth-order valence-corrected chi connectivity index (χ4v) is 12.1. The highest BCUT2D eigenvalue weighted by atomic mass is 16.6. The zero-order valence-electron chi connectivity index (χ0n) is 36.3. The van der Waals surface area contributed by atoms with E-state index in [2.05, 4.69) is 236 Å². The first kappa shape index (κ1) is 37.9. The maximum absolute atomic E-state index is 7.14. The van der Waals surface area contributed by atoms with E-state index in [0.29, 0.717) is 12.3 Å². The van der Waals surface area contributed by atoms with E-state index in [1.165, 1.54) is 61.2 Å². The lowest BCUT2D eigenvalue weighted by Gasteiger charge is -2.43. The van der Waals surface area contributed by atoms with Gasteiger partial charge in [-0.05, 0) is 116 Å². The van der Waals surface area contributed by atoms with Crippen LogP contribution in [0.1, 0.15) is 53.5 Å². The highest BCUT2D eigenvalue weighted by Crippen LogP contribution is 2.68. The number of hydrogen-bond donors (Lipinski definition) is 0. The molecule has 13 rings (SSSR count). The highest BCUT2D eigenvalue weighted by Gasteiger charge is 2.62. The number of rotatable bonds is 6. The fourth-order valence-electron chi connectivity index (χ4n) is 12.1. The lowest BCUT2D eigenvalue weighted by molar-refractivity contribution is 0.152. The summed E-state index contributed by atoms with van der Waals surface area (Å²) in [6, 6.07) is 64.7. The van der Waals surface area contributed by atoms with Gasteiger partial charge in [0.2, 0.25) is 0 Å². The van der Waals surface area contributed by atoms with E-state index in [1.807, 2.05) is 0 Å². The van der Waals surface area contributed by atoms with Crippen LogP contribution in [0, 0.1) is 5.92 Å². The zero-order chi connectivity index (χ0) is 43.1. The van der Waals surface area contributed by atoms with Gasteiger partial charge in [0.05, 0.1) is 11.5 Å². The number of hydrogen-bond acceptors (Lipinski definition) is 3. The summed E-state index contributed by atoms with van der Waals surface area (Å²) in [7, 11) is 0.